The van der Waals surface area contributed by atoms with E-state index in [4.69, 9.17) is 4.74 Å². The number of rotatable bonds is 7. The van der Waals surface area contributed by atoms with Crippen molar-refractivity contribution in [2.45, 2.75) is 40.0 Å². The molecule has 0 aromatic heterocycles. The van der Waals surface area contributed by atoms with Crippen LogP contribution in [0.2, 0.25) is 0 Å². The topological polar surface area (TPSA) is 46.6 Å². The molecule has 1 amide bonds. The predicted octanol–water partition coefficient (Wildman–Crippen LogP) is 1.83. The molecule has 0 fully saturated rings. The third-order valence-corrected chi connectivity index (χ3v) is 2.56. The van der Waals surface area contributed by atoms with Crippen molar-refractivity contribution in [2.24, 2.45) is 5.92 Å². The molecule has 0 aromatic rings. The summed E-state index contributed by atoms with van der Waals surface area (Å²) < 4.78 is 4.76. The van der Waals surface area contributed by atoms with Gasteiger partial charge in [-0.05, 0) is 12.8 Å². The van der Waals surface area contributed by atoms with E-state index in [0.717, 1.165) is 13.0 Å². The van der Waals surface area contributed by atoms with Crippen LogP contribution in [0.4, 0.5) is 0 Å². The fourth-order valence-corrected chi connectivity index (χ4v) is 1.33. The van der Waals surface area contributed by atoms with Gasteiger partial charge in [0.25, 0.3) is 0 Å². The van der Waals surface area contributed by atoms with Gasteiger partial charge in [-0.15, -0.1) is 0 Å². The Hall–Kier alpha value is -1.06. The third kappa shape index (κ3) is 6.43. The second-order valence-corrected chi connectivity index (χ2v) is 4.09. The standard InChI is InChI=1S/C12H23NO3/c1-5-10(3)9-13(4)11(14)7-8-12(15)16-6-2/h10H,5-9H2,1-4H3. The van der Waals surface area contributed by atoms with Gasteiger partial charge in [0.1, 0.15) is 0 Å². The highest BCUT2D eigenvalue weighted by Gasteiger charge is 2.13. The summed E-state index contributed by atoms with van der Waals surface area (Å²) in [6, 6.07) is 0. The van der Waals surface area contributed by atoms with E-state index in [-0.39, 0.29) is 24.7 Å². The van der Waals surface area contributed by atoms with E-state index >= 15 is 0 Å². The number of carbonyl (C=O) groups excluding carboxylic acids is 2. The smallest absolute Gasteiger partial charge is 0.306 e. The molecule has 0 saturated heterocycles. The Labute approximate surface area is 98.0 Å². The Morgan fingerprint density at radius 1 is 1.25 bits per heavy atom. The molecule has 4 nitrogen and oxygen atoms in total. The molecular formula is C12H23NO3. The molecule has 0 spiro atoms. The molecule has 0 aromatic carbocycles. The number of esters is 1. The van der Waals surface area contributed by atoms with Gasteiger partial charge in [0.15, 0.2) is 0 Å². The van der Waals surface area contributed by atoms with Crippen LogP contribution in [0, 0.1) is 5.92 Å². The molecule has 0 radical (unpaired) electrons. The molecule has 0 aliphatic carbocycles. The first-order valence-corrected chi connectivity index (χ1v) is 5.90. The molecule has 0 saturated carbocycles. The molecule has 0 aliphatic rings. The number of hydrogen-bond donors (Lipinski definition) is 0. The van der Waals surface area contributed by atoms with Gasteiger partial charge < -0.3 is 9.64 Å². The third-order valence-electron chi connectivity index (χ3n) is 2.56. The van der Waals surface area contributed by atoms with E-state index in [0.29, 0.717) is 12.5 Å². The number of ether oxygens (including phenoxy) is 1. The minimum Gasteiger partial charge on any atom is -0.466 e. The Bertz CT molecular complexity index is 228. The van der Waals surface area contributed by atoms with Gasteiger partial charge in [0, 0.05) is 20.0 Å². The summed E-state index contributed by atoms with van der Waals surface area (Å²) in [5.74, 6) is 0.206. The monoisotopic (exact) mass is 229 g/mol. The molecule has 1 atom stereocenters. The lowest BCUT2D eigenvalue weighted by Crippen LogP contribution is -2.31. The van der Waals surface area contributed by atoms with Crippen molar-refractivity contribution < 1.29 is 14.3 Å². The summed E-state index contributed by atoms with van der Waals surface area (Å²) in [5.41, 5.74) is 0. The van der Waals surface area contributed by atoms with Crippen LogP contribution >= 0.6 is 0 Å². The summed E-state index contributed by atoms with van der Waals surface area (Å²) in [6.07, 6.45) is 1.47. The van der Waals surface area contributed by atoms with Crippen molar-refractivity contribution in [1.29, 1.82) is 0 Å². The number of carbonyl (C=O) groups is 2. The second kappa shape index (κ2) is 8.13. The van der Waals surface area contributed by atoms with Gasteiger partial charge in [-0.25, -0.2) is 0 Å². The zero-order chi connectivity index (χ0) is 12.6. The first-order valence-electron chi connectivity index (χ1n) is 5.90. The SMILES string of the molecule is CCOC(=O)CCC(=O)N(C)CC(C)CC. The molecule has 0 rings (SSSR count). The average molecular weight is 229 g/mol. The van der Waals surface area contributed by atoms with E-state index in [1.807, 2.05) is 0 Å². The van der Waals surface area contributed by atoms with Crippen LogP contribution in [0.25, 0.3) is 0 Å². The number of amides is 1. The first-order chi connectivity index (χ1) is 7.51. The van der Waals surface area contributed by atoms with Crippen LogP contribution in [0.1, 0.15) is 40.0 Å². The summed E-state index contributed by atoms with van der Waals surface area (Å²) >= 11 is 0. The van der Waals surface area contributed by atoms with Crippen LogP contribution < -0.4 is 0 Å². The van der Waals surface area contributed by atoms with E-state index in [1.165, 1.54) is 0 Å². The van der Waals surface area contributed by atoms with Gasteiger partial charge in [-0.2, -0.15) is 0 Å². The highest BCUT2D eigenvalue weighted by atomic mass is 16.5. The molecule has 0 bridgehead atoms. The summed E-state index contributed by atoms with van der Waals surface area (Å²) in [6.45, 7) is 7.08. The maximum absolute atomic E-state index is 11.6. The summed E-state index contributed by atoms with van der Waals surface area (Å²) in [7, 11) is 1.78. The van der Waals surface area contributed by atoms with Crippen LogP contribution in [0.5, 0.6) is 0 Å². The van der Waals surface area contributed by atoms with Crippen molar-refractivity contribution in [1.82, 2.24) is 4.90 Å². The van der Waals surface area contributed by atoms with E-state index in [1.54, 1.807) is 18.9 Å². The van der Waals surface area contributed by atoms with Crippen LogP contribution in [-0.2, 0) is 14.3 Å². The lowest BCUT2D eigenvalue weighted by Gasteiger charge is -2.20. The van der Waals surface area contributed by atoms with Crippen LogP contribution in [0.3, 0.4) is 0 Å². The normalized spacial score (nSPS) is 12.0. The van der Waals surface area contributed by atoms with Gasteiger partial charge in [-0.3, -0.25) is 9.59 Å². The maximum Gasteiger partial charge on any atom is 0.306 e. The van der Waals surface area contributed by atoms with Crippen molar-refractivity contribution in [3.8, 4) is 0 Å². The first kappa shape index (κ1) is 14.9. The molecule has 0 N–H and O–H groups in total. The molecule has 4 heteroatoms. The minimum atomic E-state index is -0.298. The quantitative estimate of drug-likeness (QED) is 0.626. The summed E-state index contributed by atoms with van der Waals surface area (Å²) in [4.78, 5) is 24.4. The average Bonchev–Trinajstić information content (AvgIpc) is 2.25. The van der Waals surface area contributed by atoms with Crippen molar-refractivity contribution in [3.63, 3.8) is 0 Å². The van der Waals surface area contributed by atoms with E-state index in [2.05, 4.69) is 13.8 Å². The fourth-order valence-electron chi connectivity index (χ4n) is 1.33. The molecule has 0 aliphatic heterocycles. The minimum absolute atomic E-state index is 0.00773. The fraction of sp³-hybridized carbons (Fsp3) is 0.833. The van der Waals surface area contributed by atoms with E-state index < -0.39 is 0 Å². The summed E-state index contributed by atoms with van der Waals surface area (Å²) in [5, 5.41) is 0. The highest BCUT2D eigenvalue weighted by Crippen LogP contribution is 2.05. The molecule has 94 valence electrons. The van der Waals surface area contributed by atoms with Gasteiger partial charge in [0.05, 0.1) is 13.0 Å². The maximum atomic E-state index is 11.6. The lowest BCUT2D eigenvalue weighted by atomic mass is 10.1. The predicted molar refractivity (Wildman–Crippen MR) is 63.0 cm³/mol. The number of nitrogens with zero attached hydrogens (tertiary/aromatic N) is 1. The van der Waals surface area contributed by atoms with Crippen molar-refractivity contribution in [2.75, 3.05) is 20.2 Å². The number of hydrogen-bond acceptors (Lipinski definition) is 3. The largest absolute Gasteiger partial charge is 0.466 e. The van der Waals surface area contributed by atoms with Crippen molar-refractivity contribution >= 4 is 11.9 Å². The Morgan fingerprint density at radius 2 is 1.88 bits per heavy atom. The molecule has 0 heterocycles. The Morgan fingerprint density at radius 3 is 2.38 bits per heavy atom. The Kier molecular flexibility index (Phi) is 7.60. The van der Waals surface area contributed by atoms with Gasteiger partial charge >= 0.3 is 5.97 Å². The zero-order valence-electron chi connectivity index (χ0n) is 10.8. The van der Waals surface area contributed by atoms with Crippen LogP contribution in [0.15, 0.2) is 0 Å². The Balaban J connectivity index is 3.83. The van der Waals surface area contributed by atoms with E-state index in [9.17, 15) is 9.59 Å². The van der Waals surface area contributed by atoms with Crippen LogP contribution in [-0.4, -0.2) is 37.0 Å². The second-order valence-electron chi connectivity index (χ2n) is 4.09. The lowest BCUT2D eigenvalue weighted by molar-refractivity contribution is -0.145. The molecular weight excluding hydrogens is 206 g/mol. The van der Waals surface area contributed by atoms with Gasteiger partial charge in [0.2, 0.25) is 5.91 Å². The molecule has 1 unspecified atom stereocenters. The highest BCUT2D eigenvalue weighted by molar-refractivity contribution is 5.81. The zero-order valence-corrected chi connectivity index (χ0v) is 10.8. The molecule has 16 heavy (non-hydrogen) atoms. The van der Waals surface area contributed by atoms with Crippen molar-refractivity contribution in [3.05, 3.63) is 0 Å². The van der Waals surface area contributed by atoms with Gasteiger partial charge in [-0.1, -0.05) is 20.3 Å².